The number of carbonyl (C=O) groups excluding carboxylic acids is 5. The summed E-state index contributed by atoms with van der Waals surface area (Å²) in [5, 5.41) is 5.06. The molecule has 3 N–H and O–H groups in total. The van der Waals surface area contributed by atoms with E-state index in [0.717, 1.165) is 24.0 Å². The molecule has 15 nitrogen and oxygen atoms in total. The van der Waals surface area contributed by atoms with Gasteiger partial charge in [-0.3, -0.25) is 23.9 Å². The third-order valence-electron chi connectivity index (χ3n) is 12.0. The Labute approximate surface area is 338 Å². The molecule has 6 aliphatic rings. The molecule has 0 radical (unpaired) electrons. The van der Waals surface area contributed by atoms with Gasteiger partial charge in [-0.05, 0) is 94.7 Å². The van der Waals surface area contributed by atoms with E-state index in [-0.39, 0.29) is 44.7 Å². The molecule has 2 aromatic rings. The number of hydrogen-bond donors (Lipinski definition) is 3. The molecule has 4 heterocycles. The topological polar surface area (TPSA) is 190 Å². The summed E-state index contributed by atoms with van der Waals surface area (Å²) in [6.45, 7) is 5.89. The van der Waals surface area contributed by atoms with Crippen molar-refractivity contribution in [1.82, 2.24) is 25.2 Å². The van der Waals surface area contributed by atoms with Crippen molar-refractivity contribution >= 4 is 39.7 Å². The molecule has 2 aliphatic carbocycles. The van der Waals surface area contributed by atoms with Gasteiger partial charge in [-0.2, -0.15) is 0 Å². The largest absolute Gasteiger partial charge is 0.454 e. The normalized spacial score (nSPS) is 28.8. The molecule has 4 fully saturated rings. The van der Waals surface area contributed by atoms with E-state index in [2.05, 4.69) is 15.4 Å². The van der Waals surface area contributed by atoms with Crippen LogP contribution in [0.25, 0.3) is 11.1 Å². The maximum atomic E-state index is 14.7. The van der Waals surface area contributed by atoms with Crippen molar-refractivity contribution in [1.29, 1.82) is 0 Å². The minimum absolute atomic E-state index is 0.133. The maximum absolute atomic E-state index is 14.7. The lowest BCUT2D eigenvalue weighted by Crippen LogP contribution is -2.60. The molecule has 4 aliphatic heterocycles. The Morgan fingerprint density at radius 3 is 2.48 bits per heavy atom. The first-order chi connectivity index (χ1) is 27.6. The summed E-state index contributed by atoms with van der Waals surface area (Å²) < 4.78 is 44.6. The summed E-state index contributed by atoms with van der Waals surface area (Å²) in [6, 6.07) is 10.8. The predicted octanol–water partition coefficient (Wildman–Crippen LogP) is 3.88. The van der Waals surface area contributed by atoms with Gasteiger partial charge < -0.3 is 34.6 Å². The Morgan fingerprint density at radius 2 is 1.71 bits per heavy atom. The van der Waals surface area contributed by atoms with Gasteiger partial charge in [0.2, 0.25) is 28.6 Å². The number of likely N-dealkylation sites (tertiary alicyclic amines) is 1. The summed E-state index contributed by atoms with van der Waals surface area (Å²) in [4.78, 5) is 73.6. The first kappa shape index (κ1) is 39.7. The zero-order valence-electron chi connectivity index (χ0n) is 33.0. The first-order valence-corrected chi connectivity index (χ1v) is 21.8. The second-order valence-electron chi connectivity index (χ2n) is 17.4. The summed E-state index contributed by atoms with van der Waals surface area (Å²) in [5.74, 6) is -2.07. The molecule has 2 saturated heterocycles. The Balaban J connectivity index is 1.07. The Bertz CT molecular complexity index is 2150. The molecule has 58 heavy (non-hydrogen) atoms. The van der Waals surface area contributed by atoms with Crippen LogP contribution in [0.1, 0.15) is 82.5 Å². The Morgan fingerprint density at radius 1 is 0.931 bits per heavy atom. The molecule has 0 unspecified atom stereocenters. The van der Waals surface area contributed by atoms with Gasteiger partial charge in [-0.1, -0.05) is 43.2 Å². The van der Waals surface area contributed by atoms with Crippen molar-refractivity contribution in [3.05, 3.63) is 60.2 Å². The van der Waals surface area contributed by atoms with Gasteiger partial charge >= 0.3 is 6.09 Å². The highest BCUT2D eigenvalue weighted by molar-refractivity contribution is 7.91. The Hall–Kier alpha value is -5.12. The molecule has 2 aromatic carbocycles. The fourth-order valence-corrected chi connectivity index (χ4v) is 10.1. The van der Waals surface area contributed by atoms with E-state index in [4.69, 9.17) is 14.2 Å². The number of nitrogens with zero attached hydrogens (tertiary/aromatic N) is 2. The van der Waals surface area contributed by atoms with Crippen LogP contribution in [0.2, 0.25) is 0 Å². The smallest absolute Gasteiger partial charge is 0.408 e. The highest BCUT2D eigenvalue weighted by Gasteiger charge is 2.63. The lowest BCUT2D eigenvalue weighted by Gasteiger charge is -2.33. The zero-order valence-corrected chi connectivity index (χ0v) is 33.8. The van der Waals surface area contributed by atoms with Crippen LogP contribution >= 0.6 is 0 Å². The molecule has 8 rings (SSSR count). The molecule has 16 heteroatoms. The van der Waals surface area contributed by atoms with Crippen molar-refractivity contribution in [3.8, 4) is 22.6 Å². The molecule has 0 aromatic heterocycles. The number of hydrogen-bond acceptors (Lipinski definition) is 10. The van der Waals surface area contributed by atoms with Crippen LogP contribution < -0.4 is 24.8 Å². The minimum Gasteiger partial charge on any atom is -0.454 e. The molecular weight excluding hydrogens is 767 g/mol. The van der Waals surface area contributed by atoms with Crippen molar-refractivity contribution in [2.45, 2.75) is 101 Å². The van der Waals surface area contributed by atoms with Crippen LogP contribution in [-0.4, -0.2) is 103 Å². The SMILES string of the molecule is CC(C)(C)OC(=O)N[C@@H]1CCCCC/C=C\[C@@H]2C[C@@]2(C(=O)NS(=O)(=O)C2CC2)NC(=O)[C@@H]2[C@H]3CN(C(=O)c4cccc(-c5ccc6c(c5)OCO6)c4)C[C@H]3CN2C1=O. The quantitative estimate of drug-likeness (QED) is 0.361. The molecule has 0 spiro atoms. The van der Waals surface area contributed by atoms with Gasteiger partial charge in [0.15, 0.2) is 11.5 Å². The second-order valence-corrected chi connectivity index (χ2v) is 19.4. The van der Waals surface area contributed by atoms with Gasteiger partial charge in [-0.25, -0.2) is 13.2 Å². The van der Waals surface area contributed by atoms with Crippen LogP contribution in [0.5, 0.6) is 11.5 Å². The number of amides is 5. The van der Waals surface area contributed by atoms with Gasteiger partial charge in [0.1, 0.15) is 23.2 Å². The zero-order chi connectivity index (χ0) is 41.0. The molecule has 2 saturated carbocycles. The summed E-state index contributed by atoms with van der Waals surface area (Å²) in [5.41, 5.74) is -0.222. The van der Waals surface area contributed by atoms with E-state index in [9.17, 15) is 32.4 Å². The third kappa shape index (κ3) is 8.12. The van der Waals surface area contributed by atoms with Gasteiger partial charge in [0, 0.05) is 43.0 Å². The van der Waals surface area contributed by atoms with Gasteiger partial charge in [0.05, 0.1) is 5.25 Å². The number of fused-ring (bicyclic) bond motifs is 5. The van der Waals surface area contributed by atoms with Gasteiger partial charge in [0.25, 0.3) is 11.8 Å². The molecular formula is C42H51N5O10S. The number of sulfonamides is 1. The van der Waals surface area contributed by atoms with E-state index < -0.39 is 74.1 Å². The lowest BCUT2D eigenvalue weighted by atomic mass is 9.93. The molecule has 5 amide bonds. The van der Waals surface area contributed by atoms with E-state index in [1.54, 1.807) is 31.7 Å². The van der Waals surface area contributed by atoms with E-state index in [1.807, 2.05) is 48.6 Å². The van der Waals surface area contributed by atoms with Crippen molar-refractivity contribution in [3.63, 3.8) is 0 Å². The summed E-state index contributed by atoms with van der Waals surface area (Å²) in [6.07, 6.45) is 7.36. The first-order valence-electron chi connectivity index (χ1n) is 20.3. The predicted molar refractivity (Wildman–Crippen MR) is 211 cm³/mol. The average molecular weight is 818 g/mol. The third-order valence-corrected chi connectivity index (χ3v) is 13.8. The summed E-state index contributed by atoms with van der Waals surface area (Å²) >= 11 is 0. The van der Waals surface area contributed by atoms with E-state index >= 15 is 0 Å². The minimum atomic E-state index is -3.92. The second kappa shape index (κ2) is 15.2. The Kier molecular flexibility index (Phi) is 10.4. The standard InChI is InChI=1S/C42H51N5O10S/c1-41(2,3)57-40(52)43-32-13-8-6-4-5-7-12-29-20-42(29,39(51)45-58(53,54)30-15-16-30)44-36(48)35-31-23-46(21-28(31)22-47(35)38(32)50)37(49)27-11-9-10-25(18-27)26-14-17-33-34(19-26)56-24-55-33/h7,9-12,14,17-19,28-32,35H,4-6,8,13,15-16,20-24H2,1-3H3,(H,43,52)(H,44,48)(H,45,51)/b12-7-/t28-,29+,31-,32+,35-,42+/m0/s1. The maximum Gasteiger partial charge on any atom is 0.408 e. The van der Waals surface area contributed by atoms with Crippen LogP contribution in [0, 0.1) is 17.8 Å². The van der Waals surface area contributed by atoms with Crippen LogP contribution in [0.4, 0.5) is 4.79 Å². The van der Waals surface area contributed by atoms with Crippen LogP contribution in [0.15, 0.2) is 54.6 Å². The monoisotopic (exact) mass is 817 g/mol. The number of allylic oxidation sites excluding steroid dienone is 1. The number of benzene rings is 2. The van der Waals surface area contributed by atoms with Crippen LogP contribution in [-0.2, 0) is 29.1 Å². The number of alkyl carbamates (subject to hydrolysis) is 1. The molecule has 0 bridgehead atoms. The highest BCUT2D eigenvalue weighted by Crippen LogP contribution is 2.47. The number of ether oxygens (including phenoxy) is 3. The van der Waals surface area contributed by atoms with Crippen molar-refractivity contribution in [2.24, 2.45) is 17.8 Å². The fourth-order valence-electron chi connectivity index (χ4n) is 8.78. The lowest BCUT2D eigenvalue weighted by molar-refractivity contribution is -0.142. The number of rotatable bonds is 6. The number of carbonyl (C=O) groups is 5. The van der Waals surface area contributed by atoms with Gasteiger partial charge in [-0.15, -0.1) is 0 Å². The van der Waals surface area contributed by atoms with Crippen LogP contribution in [0.3, 0.4) is 0 Å². The fraction of sp³-hybridized carbons (Fsp3) is 0.548. The van der Waals surface area contributed by atoms with E-state index in [0.29, 0.717) is 49.2 Å². The highest BCUT2D eigenvalue weighted by atomic mass is 32.2. The number of nitrogens with one attached hydrogen (secondary N) is 3. The average Bonchev–Trinajstić information content (AvgIpc) is 4.00. The summed E-state index contributed by atoms with van der Waals surface area (Å²) in [7, 11) is -3.92. The van der Waals surface area contributed by atoms with Crippen molar-refractivity contribution in [2.75, 3.05) is 26.4 Å². The van der Waals surface area contributed by atoms with Crippen molar-refractivity contribution < 1.29 is 46.6 Å². The van der Waals surface area contributed by atoms with E-state index in [1.165, 1.54) is 4.90 Å². The molecule has 6 atom stereocenters. The molecule has 310 valence electrons.